The first kappa shape index (κ1) is 16.4. The van der Waals surface area contributed by atoms with Crippen LogP contribution in [0.2, 0.25) is 10.0 Å². The van der Waals surface area contributed by atoms with Crippen LogP contribution in [0.4, 0.5) is 0 Å². The lowest BCUT2D eigenvalue weighted by Gasteiger charge is -2.46. The Labute approximate surface area is 153 Å². The first-order valence-electron chi connectivity index (χ1n) is 8.72. The van der Waals surface area contributed by atoms with Crippen LogP contribution < -0.4 is 4.90 Å². The molecule has 24 heavy (non-hydrogen) atoms. The predicted molar refractivity (Wildman–Crippen MR) is 97.8 cm³/mol. The molecule has 0 amide bonds. The second-order valence-corrected chi connectivity index (χ2v) is 7.61. The van der Waals surface area contributed by atoms with E-state index in [9.17, 15) is 0 Å². The summed E-state index contributed by atoms with van der Waals surface area (Å²) in [5, 5.41) is 1.59. The predicted octanol–water partition coefficient (Wildman–Crippen LogP) is 4.24. The first-order chi connectivity index (χ1) is 11.8. The number of rotatable bonds is 2. The largest absolute Gasteiger partial charge is 0.361 e. The molecular formula is C20H22Cl2NO+. The van der Waals surface area contributed by atoms with Crippen molar-refractivity contribution in [3.05, 3.63) is 69.7 Å². The lowest BCUT2D eigenvalue weighted by molar-refractivity contribution is -0.974. The average Bonchev–Trinajstić information content (AvgIpc) is 2.62. The van der Waals surface area contributed by atoms with Crippen LogP contribution in [0.15, 0.2) is 48.5 Å². The van der Waals surface area contributed by atoms with Crippen molar-refractivity contribution in [2.45, 2.75) is 37.5 Å². The van der Waals surface area contributed by atoms with Crippen LogP contribution in [-0.4, -0.2) is 19.2 Å². The van der Waals surface area contributed by atoms with Gasteiger partial charge in [-0.25, -0.2) is 0 Å². The average molecular weight is 363 g/mol. The van der Waals surface area contributed by atoms with E-state index in [1.165, 1.54) is 31.4 Å². The van der Waals surface area contributed by atoms with Gasteiger partial charge in [0.2, 0.25) is 0 Å². The van der Waals surface area contributed by atoms with Crippen LogP contribution in [0.5, 0.6) is 0 Å². The van der Waals surface area contributed by atoms with E-state index in [2.05, 4.69) is 18.2 Å². The molecule has 2 saturated heterocycles. The zero-order valence-corrected chi connectivity index (χ0v) is 15.1. The molecule has 4 unspecified atom stereocenters. The van der Waals surface area contributed by atoms with Gasteiger partial charge in [-0.1, -0.05) is 59.6 Å². The van der Waals surface area contributed by atoms with E-state index in [-0.39, 0.29) is 12.1 Å². The number of hydrogen-bond acceptors (Lipinski definition) is 1. The van der Waals surface area contributed by atoms with E-state index in [4.69, 9.17) is 27.9 Å². The highest BCUT2D eigenvalue weighted by molar-refractivity contribution is 6.31. The van der Waals surface area contributed by atoms with Crippen LogP contribution in [-0.2, 0) is 4.74 Å². The van der Waals surface area contributed by atoms with Crippen LogP contribution >= 0.6 is 23.2 Å². The second kappa shape index (κ2) is 7.05. The number of nitrogens with one attached hydrogen (secondary N) is 1. The van der Waals surface area contributed by atoms with Crippen molar-refractivity contribution in [2.75, 3.05) is 13.2 Å². The van der Waals surface area contributed by atoms with E-state index < -0.39 is 0 Å². The van der Waals surface area contributed by atoms with Crippen molar-refractivity contribution in [3.8, 4) is 0 Å². The van der Waals surface area contributed by atoms with Gasteiger partial charge in [0, 0.05) is 27.6 Å². The molecule has 2 aliphatic rings. The molecule has 2 aromatic carbocycles. The Morgan fingerprint density at radius 3 is 2.25 bits per heavy atom. The Morgan fingerprint density at radius 2 is 1.54 bits per heavy atom. The number of piperidine rings is 1. The Balaban J connectivity index is 1.80. The molecule has 0 spiro atoms. The molecule has 2 heterocycles. The number of hydrogen-bond donors (Lipinski definition) is 1. The van der Waals surface area contributed by atoms with Gasteiger partial charge in [0.05, 0.1) is 13.2 Å². The third-order valence-corrected chi connectivity index (χ3v) is 6.11. The van der Waals surface area contributed by atoms with Crippen LogP contribution in [0.3, 0.4) is 0 Å². The van der Waals surface area contributed by atoms with Crippen molar-refractivity contribution in [1.29, 1.82) is 0 Å². The fraction of sp³-hybridized carbons (Fsp3) is 0.400. The maximum Gasteiger partial charge on any atom is 0.146 e. The maximum absolute atomic E-state index is 6.58. The van der Waals surface area contributed by atoms with Gasteiger partial charge in [-0.05, 0) is 25.0 Å². The topological polar surface area (TPSA) is 13.7 Å². The molecule has 0 aliphatic carbocycles. The molecule has 0 bridgehead atoms. The lowest BCUT2D eigenvalue weighted by atomic mass is 9.88. The molecule has 4 rings (SSSR count). The Bertz CT molecular complexity index is 720. The molecule has 4 atom stereocenters. The minimum Gasteiger partial charge on any atom is -0.361 e. The van der Waals surface area contributed by atoms with E-state index >= 15 is 0 Å². The standard InChI is InChI=1S/C20H21Cl2NO/c21-17-10-3-1-8-15(17)19-20(16-9-2-4-11-18(16)22)24-13-14-7-5-6-12-23(14)19/h1-4,8-11,14,19-20H,5-7,12-13H2/p+1. The van der Waals surface area contributed by atoms with Crippen LogP contribution in [0, 0.1) is 0 Å². The number of benzene rings is 2. The van der Waals surface area contributed by atoms with E-state index in [0.29, 0.717) is 6.04 Å². The molecule has 2 nitrogen and oxygen atoms in total. The fourth-order valence-corrected chi connectivity index (χ4v) is 4.78. The third-order valence-electron chi connectivity index (χ3n) is 5.42. The highest BCUT2D eigenvalue weighted by Crippen LogP contribution is 2.39. The van der Waals surface area contributed by atoms with Gasteiger partial charge in [0.25, 0.3) is 0 Å². The Morgan fingerprint density at radius 1 is 0.875 bits per heavy atom. The summed E-state index contributed by atoms with van der Waals surface area (Å²) in [4.78, 5) is 1.60. The molecule has 2 aromatic rings. The smallest absolute Gasteiger partial charge is 0.146 e. The summed E-state index contributed by atoms with van der Waals surface area (Å²) in [6.07, 6.45) is 3.74. The molecule has 0 aromatic heterocycles. The van der Waals surface area contributed by atoms with Gasteiger partial charge in [0.1, 0.15) is 18.2 Å². The van der Waals surface area contributed by atoms with Gasteiger partial charge in [-0.2, -0.15) is 0 Å². The van der Waals surface area contributed by atoms with Gasteiger partial charge in [-0.3, -0.25) is 0 Å². The normalized spacial score (nSPS) is 29.9. The second-order valence-electron chi connectivity index (χ2n) is 6.79. The molecule has 126 valence electrons. The molecule has 2 fully saturated rings. The van der Waals surface area contributed by atoms with Gasteiger partial charge >= 0.3 is 0 Å². The van der Waals surface area contributed by atoms with E-state index in [0.717, 1.165) is 22.2 Å². The van der Waals surface area contributed by atoms with Gasteiger partial charge < -0.3 is 9.64 Å². The zero-order valence-electron chi connectivity index (χ0n) is 13.6. The van der Waals surface area contributed by atoms with E-state index in [1.807, 2.05) is 30.3 Å². The summed E-state index contributed by atoms with van der Waals surface area (Å²) in [5.74, 6) is 0. The molecule has 1 N–H and O–H groups in total. The molecule has 4 heteroatoms. The maximum atomic E-state index is 6.58. The summed E-state index contributed by atoms with van der Waals surface area (Å²) in [6.45, 7) is 1.97. The molecule has 0 saturated carbocycles. The van der Waals surface area contributed by atoms with E-state index in [1.54, 1.807) is 4.90 Å². The minimum atomic E-state index is -0.0528. The quantitative estimate of drug-likeness (QED) is 0.843. The monoisotopic (exact) mass is 362 g/mol. The summed E-state index contributed by atoms with van der Waals surface area (Å²) >= 11 is 13.1. The first-order valence-corrected chi connectivity index (χ1v) is 9.47. The Kier molecular flexibility index (Phi) is 4.82. The van der Waals surface area contributed by atoms with Crippen molar-refractivity contribution >= 4 is 23.2 Å². The minimum absolute atomic E-state index is 0.0528. The van der Waals surface area contributed by atoms with Gasteiger partial charge in [-0.15, -0.1) is 0 Å². The SMILES string of the molecule is Clc1ccccc1C1OCC2CCCC[NH+]2C1c1ccccc1Cl. The van der Waals surface area contributed by atoms with Crippen molar-refractivity contribution in [3.63, 3.8) is 0 Å². The fourth-order valence-electron chi connectivity index (χ4n) is 4.28. The number of halogens is 2. The molecule has 2 aliphatic heterocycles. The van der Waals surface area contributed by atoms with Crippen molar-refractivity contribution < 1.29 is 9.64 Å². The summed E-state index contributed by atoms with van der Waals surface area (Å²) in [6, 6.07) is 17.0. The molecular weight excluding hydrogens is 341 g/mol. The highest BCUT2D eigenvalue weighted by atomic mass is 35.5. The summed E-state index contributed by atoms with van der Waals surface area (Å²) in [7, 11) is 0. The zero-order chi connectivity index (χ0) is 16.5. The van der Waals surface area contributed by atoms with Gasteiger partial charge in [0.15, 0.2) is 0 Å². The summed E-state index contributed by atoms with van der Waals surface area (Å²) in [5.41, 5.74) is 2.24. The van der Waals surface area contributed by atoms with Crippen molar-refractivity contribution in [2.24, 2.45) is 0 Å². The lowest BCUT2D eigenvalue weighted by Crippen LogP contribution is -3.18. The number of fused-ring (bicyclic) bond motifs is 1. The van der Waals surface area contributed by atoms with Crippen molar-refractivity contribution in [1.82, 2.24) is 0 Å². The number of ether oxygens (including phenoxy) is 1. The summed E-state index contributed by atoms with van der Waals surface area (Å²) < 4.78 is 6.37. The van der Waals surface area contributed by atoms with Crippen LogP contribution in [0.25, 0.3) is 0 Å². The number of morpholine rings is 1. The molecule has 0 radical (unpaired) electrons. The number of quaternary nitrogens is 1. The van der Waals surface area contributed by atoms with Crippen LogP contribution in [0.1, 0.15) is 42.5 Å². The Hall–Kier alpha value is -1.06. The third kappa shape index (κ3) is 2.97. The highest BCUT2D eigenvalue weighted by Gasteiger charge is 2.45.